The molecule has 2 amide bonds. The van der Waals surface area contributed by atoms with Gasteiger partial charge in [-0.25, -0.2) is 4.79 Å². The molecular weight excluding hydrogens is 318 g/mol. The van der Waals surface area contributed by atoms with E-state index in [4.69, 9.17) is 9.47 Å². The number of ether oxygens (including phenoxy) is 2. The topological polar surface area (TPSA) is 62.8 Å². The predicted octanol–water partition coefficient (Wildman–Crippen LogP) is 3.40. The van der Waals surface area contributed by atoms with Crippen molar-refractivity contribution in [2.75, 3.05) is 38.5 Å². The lowest BCUT2D eigenvalue weighted by Crippen LogP contribution is -2.28. The first-order valence-corrected chi connectivity index (χ1v) is 7.99. The Hall–Kier alpha value is -2.89. The van der Waals surface area contributed by atoms with Crippen molar-refractivity contribution in [1.29, 1.82) is 0 Å². The zero-order valence-electron chi connectivity index (χ0n) is 15.3. The first kappa shape index (κ1) is 18.4. The van der Waals surface area contributed by atoms with E-state index in [1.54, 1.807) is 14.2 Å². The van der Waals surface area contributed by atoms with Gasteiger partial charge in [-0.1, -0.05) is 12.1 Å². The summed E-state index contributed by atoms with van der Waals surface area (Å²) in [5.74, 6) is 1.26. The van der Waals surface area contributed by atoms with Crippen molar-refractivity contribution in [2.24, 2.45) is 0 Å². The maximum absolute atomic E-state index is 12.2. The fourth-order valence-electron chi connectivity index (χ4n) is 2.50. The summed E-state index contributed by atoms with van der Waals surface area (Å²) in [4.78, 5) is 14.2. The Kier molecular flexibility index (Phi) is 6.11. The van der Waals surface area contributed by atoms with Crippen molar-refractivity contribution in [3.63, 3.8) is 0 Å². The van der Waals surface area contributed by atoms with Crippen LogP contribution in [0.4, 0.5) is 16.2 Å². The van der Waals surface area contributed by atoms with E-state index in [-0.39, 0.29) is 6.03 Å². The summed E-state index contributed by atoms with van der Waals surface area (Å²) in [6.07, 6.45) is 0. The fourth-order valence-corrected chi connectivity index (χ4v) is 2.50. The van der Waals surface area contributed by atoms with E-state index in [9.17, 15) is 4.79 Å². The van der Waals surface area contributed by atoms with Crippen LogP contribution < -0.4 is 25.0 Å². The minimum absolute atomic E-state index is 0.273. The molecule has 2 rings (SSSR count). The quantitative estimate of drug-likeness (QED) is 0.844. The minimum Gasteiger partial charge on any atom is -0.493 e. The van der Waals surface area contributed by atoms with Gasteiger partial charge in [0.25, 0.3) is 0 Å². The van der Waals surface area contributed by atoms with Gasteiger partial charge < -0.3 is 25.0 Å². The Balaban J connectivity index is 2.02. The van der Waals surface area contributed by atoms with Crippen LogP contribution >= 0.6 is 0 Å². The summed E-state index contributed by atoms with van der Waals surface area (Å²) < 4.78 is 10.6. The van der Waals surface area contributed by atoms with E-state index in [1.165, 1.54) is 0 Å². The summed E-state index contributed by atoms with van der Waals surface area (Å²) in [5, 5.41) is 5.71. The van der Waals surface area contributed by atoms with E-state index in [2.05, 4.69) is 10.6 Å². The summed E-state index contributed by atoms with van der Waals surface area (Å²) in [5.41, 5.74) is 3.71. The second-order valence-electron chi connectivity index (χ2n) is 5.85. The summed E-state index contributed by atoms with van der Waals surface area (Å²) in [6.45, 7) is 2.30. The number of rotatable bonds is 6. The lowest BCUT2D eigenvalue weighted by molar-refractivity contribution is 0.251. The standard InChI is InChI=1S/C19H25N3O3/c1-13-11-15(22(2)3)9-10-16(13)21-19(23)20-12-14-7-6-8-17(24-4)18(14)25-5/h6-11H,12H2,1-5H3,(H2,20,21,23). The largest absolute Gasteiger partial charge is 0.493 e. The highest BCUT2D eigenvalue weighted by Gasteiger charge is 2.11. The molecule has 0 aliphatic carbocycles. The molecule has 6 heteroatoms. The molecule has 2 aromatic carbocycles. The Bertz CT molecular complexity index is 745. The van der Waals surface area contributed by atoms with E-state index in [0.717, 1.165) is 22.5 Å². The maximum Gasteiger partial charge on any atom is 0.319 e. The number of nitrogens with one attached hydrogen (secondary N) is 2. The van der Waals surface area contributed by atoms with E-state index in [1.807, 2.05) is 62.3 Å². The first-order valence-electron chi connectivity index (χ1n) is 7.99. The zero-order valence-corrected chi connectivity index (χ0v) is 15.3. The average Bonchev–Trinajstić information content (AvgIpc) is 2.60. The third kappa shape index (κ3) is 4.56. The molecule has 0 bridgehead atoms. The molecule has 0 unspecified atom stereocenters. The van der Waals surface area contributed by atoms with Crippen LogP contribution in [0.5, 0.6) is 11.5 Å². The number of carbonyl (C=O) groups is 1. The number of amides is 2. The molecule has 0 aliphatic heterocycles. The van der Waals surface area contributed by atoms with Gasteiger partial charge in [-0.15, -0.1) is 0 Å². The van der Waals surface area contributed by atoms with Crippen molar-refractivity contribution < 1.29 is 14.3 Å². The Morgan fingerprint density at radius 2 is 1.88 bits per heavy atom. The number of urea groups is 1. The second-order valence-corrected chi connectivity index (χ2v) is 5.85. The van der Waals surface area contributed by atoms with Gasteiger partial charge in [-0.05, 0) is 36.8 Å². The van der Waals surface area contributed by atoms with Crippen LogP contribution in [0.2, 0.25) is 0 Å². The highest BCUT2D eigenvalue weighted by molar-refractivity contribution is 5.90. The van der Waals surface area contributed by atoms with Crippen LogP contribution in [0.1, 0.15) is 11.1 Å². The number of anilines is 2. The SMILES string of the molecule is COc1cccc(CNC(=O)Nc2ccc(N(C)C)cc2C)c1OC. The van der Waals surface area contributed by atoms with Gasteiger partial charge in [0.1, 0.15) is 0 Å². The van der Waals surface area contributed by atoms with Crippen LogP contribution in [-0.4, -0.2) is 34.3 Å². The molecule has 0 heterocycles. The summed E-state index contributed by atoms with van der Waals surface area (Å²) >= 11 is 0. The molecule has 0 saturated heterocycles. The molecule has 0 aromatic heterocycles. The normalized spacial score (nSPS) is 10.1. The van der Waals surface area contributed by atoms with E-state index < -0.39 is 0 Å². The smallest absolute Gasteiger partial charge is 0.319 e. The molecular formula is C19H25N3O3. The van der Waals surface area contributed by atoms with Gasteiger partial charge in [0.2, 0.25) is 0 Å². The van der Waals surface area contributed by atoms with Gasteiger partial charge in [0.05, 0.1) is 14.2 Å². The minimum atomic E-state index is -0.273. The van der Waals surface area contributed by atoms with Crippen LogP contribution in [-0.2, 0) is 6.54 Å². The van der Waals surface area contributed by atoms with Crippen molar-refractivity contribution >= 4 is 17.4 Å². The molecule has 0 fully saturated rings. The monoisotopic (exact) mass is 343 g/mol. The number of benzene rings is 2. The van der Waals surface area contributed by atoms with E-state index in [0.29, 0.717) is 18.0 Å². The Morgan fingerprint density at radius 1 is 1.12 bits per heavy atom. The maximum atomic E-state index is 12.2. The highest BCUT2D eigenvalue weighted by Crippen LogP contribution is 2.30. The fraction of sp³-hybridized carbons (Fsp3) is 0.316. The molecule has 2 N–H and O–H groups in total. The van der Waals surface area contributed by atoms with Gasteiger partial charge in [-0.2, -0.15) is 0 Å². The molecule has 0 atom stereocenters. The summed E-state index contributed by atoms with van der Waals surface area (Å²) in [7, 11) is 7.13. The number of hydrogen-bond acceptors (Lipinski definition) is 4. The molecule has 2 aromatic rings. The highest BCUT2D eigenvalue weighted by atomic mass is 16.5. The first-order chi connectivity index (χ1) is 12.0. The Labute approximate surface area is 148 Å². The summed E-state index contributed by atoms with van der Waals surface area (Å²) in [6, 6.07) is 11.2. The molecule has 134 valence electrons. The molecule has 0 spiro atoms. The zero-order chi connectivity index (χ0) is 18.4. The van der Waals surface area contributed by atoms with Gasteiger partial charge in [-0.3, -0.25) is 0 Å². The van der Waals surface area contributed by atoms with Crippen molar-refractivity contribution in [1.82, 2.24) is 5.32 Å². The lowest BCUT2D eigenvalue weighted by Gasteiger charge is -2.16. The number of para-hydroxylation sites is 1. The van der Waals surface area contributed by atoms with E-state index >= 15 is 0 Å². The van der Waals surface area contributed by atoms with Gasteiger partial charge in [0.15, 0.2) is 11.5 Å². The molecule has 25 heavy (non-hydrogen) atoms. The second kappa shape index (κ2) is 8.28. The van der Waals surface area contributed by atoms with Crippen LogP contribution in [0, 0.1) is 6.92 Å². The number of methoxy groups -OCH3 is 2. The molecule has 6 nitrogen and oxygen atoms in total. The number of nitrogens with zero attached hydrogens (tertiary/aromatic N) is 1. The number of carbonyl (C=O) groups excluding carboxylic acids is 1. The van der Waals surface area contributed by atoms with Crippen molar-refractivity contribution in [3.05, 3.63) is 47.5 Å². The Morgan fingerprint density at radius 3 is 2.48 bits per heavy atom. The van der Waals surface area contributed by atoms with Crippen molar-refractivity contribution in [3.8, 4) is 11.5 Å². The van der Waals surface area contributed by atoms with Crippen LogP contribution in [0.15, 0.2) is 36.4 Å². The molecule has 0 saturated carbocycles. The van der Waals surface area contributed by atoms with Crippen LogP contribution in [0.3, 0.4) is 0 Å². The lowest BCUT2D eigenvalue weighted by atomic mass is 10.1. The van der Waals surface area contributed by atoms with Gasteiger partial charge in [0, 0.05) is 37.6 Å². The third-order valence-corrected chi connectivity index (χ3v) is 3.90. The van der Waals surface area contributed by atoms with Crippen LogP contribution in [0.25, 0.3) is 0 Å². The third-order valence-electron chi connectivity index (χ3n) is 3.90. The predicted molar refractivity (Wildman–Crippen MR) is 101 cm³/mol. The van der Waals surface area contributed by atoms with Crippen molar-refractivity contribution in [2.45, 2.75) is 13.5 Å². The number of hydrogen-bond donors (Lipinski definition) is 2. The molecule has 0 radical (unpaired) electrons. The number of aryl methyl sites for hydroxylation is 1. The van der Waals surface area contributed by atoms with Gasteiger partial charge >= 0.3 is 6.03 Å². The molecule has 0 aliphatic rings. The average molecular weight is 343 g/mol.